The fraction of sp³-hybridized carbons (Fsp3) is 1.00. The first-order chi connectivity index (χ1) is 9.13. The molecule has 0 spiro atoms. The number of nitrogens with zero attached hydrogens (tertiary/aromatic N) is 2. The van der Waals surface area contributed by atoms with Crippen LogP contribution in [0.3, 0.4) is 0 Å². The van der Waals surface area contributed by atoms with E-state index in [1.54, 1.807) is 0 Å². The highest BCUT2D eigenvalue weighted by Gasteiger charge is 2.22. The Hall–Kier alpha value is -0.120. The minimum absolute atomic E-state index is 0.653. The van der Waals surface area contributed by atoms with Crippen LogP contribution in [-0.2, 0) is 0 Å². The average molecular weight is 267 g/mol. The van der Waals surface area contributed by atoms with E-state index in [1.165, 1.54) is 65.0 Å². The van der Waals surface area contributed by atoms with Gasteiger partial charge < -0.3 is 15.1 Å². The van der Waals surface area contributed by atoms with Crippen molar-refractivity contribution in [3.05, 3.63) is 0 Å². The molecule has 2 fully saturated rings. The maximum absolute atomic E-state index is 3.85. The Morgan fingerprint density at radius 1 is 0.895 bits per heavy atom. The fourth-order valence-electron chi connectivity index (χ4n) is 3.61. The molecule has 0 saturated carbocycles. The van der Waals surface area contributed by atoms with Gasteiger partial charge >= 0.3 is 0 Å². The van der Waals surface area contributed by atoms with Gasteiger partial charge in [0, 0.05) is 25.2 Å². The van der Waals surface area contributed by atoms with E-state index >= 15 is 0 Å². The van der Waals surface area contributed by atoms with Crippen molar-refractivity contribution in [1.29, 1.82) is 0 Å². The highest BCUT2D eigenvalue weighted by Crippen LogP contribution is 2.13. The molecule has 1 N–H and O–H groups in total. The smallest absolute Gasteiger partial charge is 0.0169 e. The fourth-order valence-corrected chi connectivity index (χ4v) is 3.61. The van der Waals surface area contributed by atoms with E-state index in [0.717, 1.165) is 12.0 Å². The zero-order valence-electron chi connectivity index (χ0n) is 13.2. The SMILES string of the molecule is CC(C)CN1CCC(NC(C)CN2CCCC2)CC1. The molecule has 1 unspecified atom stereocenters. The van der Waals surface area contributed by atoms with Gasteiger partial charge in [0.15, 0.2) is 0 Å². The van der Waals surface area contributed by atoms with Crippen molar-refractivity contribution in [3.8, 4) is 0 Å². The zero-order chi connectivity index (χ0) is 13.7. The first-order valence-corrected chi connectivity index (χ1v) is 8.34. The molecule has 112 valence electrons. The third-order valence-corrected chi connectivity index (χ3v) is 4.46. The second kappa shape index (κ2) is 7.61. The molecule has 19 heavy (non-hydrogen) atoms. The molecular formula is C16H33N3. The van der Waals surface area contributed by atoms with Gasteiger partial charge in [-0.1, -0.05) is 13.8 Å². The van der Waals surface area contributed by atoms with Crippen LogP contribution in [0.5, 0.6) is 0 Å². The molecule has 0 amide bonds. The number of nitrogens with one attached hydrogen (secondary N) is 1. The molecule has 2 aliphatic heterocycles. The maximum Gasteiger partial charge on any atom is 0.0169 e. The second-order valence-electron chi connectivity index (χ2n) is 7.04. The minimum Gasteiger partial charge on any atom is -0.310 e. The average Bonchev–Trinajstić information content (AvgIpc) is 2.83. The van der Waals surface area contributed by atoms with Gasteiger partial charge in [0.05, 0.1) is 0 Å². The molecule has 0 bridgehead atoms. The van der Waals surface area contributed by atoms with Crippen LogP contribution in [0.4, 0.5) is 0 Å². The first kappa shape index (κ1) is 15.3. The van der Waals surface area contributed by atoms with Gasteiger partial charge in [-0.2, -0.15) is 0 Å². The van der Waals surface area contributed by atoms with Crippen molar-refractivity contribution in [2.75, 3.05) is 39.3 Å². The van der Waals surface area contributed by atoms with Crippen molar-refractivity contribution in [3.63, 3.8) is 0 Å². The Morgan fingerprint density at radius 3 is 2.05 bits per heavy atom. The summed E-state index contributed by atoms with van der Waals surface area (Å²) in [5.41, 5.74) is 0. The molecule has 2 aliphatic rings. The van der Waals surface area contributed by atoms with Crippen LogP contribution in [0.25, 0.3) is 0 Å². The Balaban J connectivity index is 1.61. The molecule has 2 rings (SSSR count). The molecule has 0 aromatic heterocycles. The summed E-state index contributed by atoms with van der Waals surface area (Å²) >= 11 is 0. The number of rotatable bonds is 6. The lowest BCUT2D eigenvalue weighted by atomic mass is 10.0. The number of hydrogen-bond acceptors (Lipinski definition) is 3. The van der Waals surface area contributed by atoms with Crippen LogP contribution in [0.1, 0.15) is 46.5 Å². The molecule has 2 heterocycles. The summed E-state index contributed by atoms with van der Waals surface area (Å²) in [6.07, 6.45) is 5.47. The quantitative estimate of drug-likeness (QED) is 0.796. The van der Waals surface area contributed by atoms with E-state index in [2.05, 4.69) is 35.9 Å². The first-order valence-electron chi connectivity index (χ1n) is 8.34. The lowest BCUT2D eigenvalue weighted by Crippen LogP contribution is -2.48. The molecular weight excluding hydrogens is 234 g/mol. The lowest BCUT2D eigenvalue weighted by molar-refractivity contribution is 0.170. The largest absolute Gasteiger partial charge is 0.310 e. The second-order valence-corrected chi connectivity index (χ2v) is 7.04. The number of piperidine rings is 1. The molecule has 0 aromatic rings. The van der Waals surface area contributed by atoms with Crippen molar-refractivity contribution >= 4 is 0 Å². The van der Waals surface area contributed by atoms with Crippen LogP contribution >= 0.6 is 0 Å². The third kappa shape index (κ3) is 5.41. The monoisotopic (exact) mass is 267 g/mol. The Kier molecular flexibility index (Phi) is 6.11. The predicted molar refractivity (Wildman–Crippen MR) is 82.6 cm³/mol. The van der Waals surface area contributed by atoms with Gasteiger partial charge in [-0.3, -0.25) is 0 Å². The molecule has 0 radical (unpaired) electrons. The molecule has 1 atom stereocenters. The van der Waals surface area contributed by atoms with Crippen LogP contribution in [-0.4, -0.2) is 61.2 Å². The van der Waals surface area contributed by atoms with Crippen molar-refractivity contribution in [2.24, 2.45) is 5.92 Å². The summed E-state index contributed by atoms with van der Waals surface area (Å²) in [6.45, 7) is 14.7. The summed E-state index contributed by atoms with van der Waals surface area (Å²) in [5, 5.41) is 3.85. The summed E-state index contributed by atoms with van der Waals surface area (Å²) in [6, 6.07) is 1.40. The Morgan fingerprint density at radius 2 is 1.47 bits per heavy atom. The van der Waals surface area contributed by atoms with Crippen molar-refractivity contribution < 1.29 is 0 Å². The van der Waals surface area contributed by atoms with Crippen LogP contribution < -0.4 is 5.32 Å². The van der Waals surface area contributed by atoms with E-state index in [1.807, 2.05) is 0 Å². The standard InChI is InChI=1S/C16H33N3/c1-14(2)12-19-10-6-16(7-11-19)17-15(3)13-18-8-4-5-9-18/h14-17H,4-13H2,1-3H3. The van der Waals surface area contributed by atoms with Crippen molar-refractivity contribution in [2.45, 2.75) is 58.5 Å². The van der Waals surface area contributed by atoms with Crippen LogP contribution in [0, 0.1) is 5.92 Å². The van der Waals surface area contributed by atoms with E-state index in [0.29, 0.717) is 6.04 Å². The summed E-state index contributed by atoms with van der Waals surface area (Å²) in [4.78, 5) is 5.25. The minimum atomic E-state index is 0.653. The predicted octanol–water partition coefficient (Wildman–Crippen LogP) is 2.18. The van der Waals surface area contributed by atoms with Gasteiger partial charge in [0.1, 0.15) is 0 Å². The molecule has 2 saturated heterocycles. The van der Waals surface area contributed by atoms with E-state index in [9.17, 15) is 0 Å². The topological polar surface area (TPSA) is 18.5 Å². The number of likely N-dealkylation sites (tertiary alicyclic amines) is 2. The molecule has 0 aromatic carbocycles. The highest BCUT2D eigenvalue weighted by atomic mass is 15.2. The molecule has 3 nitrogen and oxygen atoms in total. The lowest BCUT2D eigenvalue weighted by Gasteiger charge is -2.35. The van der Waals surface area contributed by atoms with Crippen LogP contribution in [0.2, 0.25) is 0 Å². The summed E-state index contributed by atoms with van der Waals surface area (Å²) in [5.74, 6) is 0.804. The van der Waals surface area contributed by atoms with Gasteiger partial charge in [-0.15, -0.1) is 0 Å². The van der Waals surface area contributed by atoms with E-state index in [4.69, 9.17) is 0 Å². The van der Waals surface area contributed by atoms with Gasteiger partial charge in [0.2, 0.25) is 0 Å². The highest BCUT2D eigenvalue weighted by molar-refractivity contribution is 4.81. The van der Waals surface area contributed by atoms with Gasteiger partial charge in [-0.25, -0.2) is 0 Å². The van der Waals surface area contributed by atoms with Crippen LogP contribution in [0.15, 0.2) is 0 Å². The number of hydrogen-bond donors (Lipinski definition) is 1. The zero-order valence-corrected chi connectivity index (χ0v) is 13.2. The Bertz CT molecular complexity index is 240. The summed E-state index contributed by atoms with van der Waals surface area (Å²) < 4.78 is 0. The normalized spacial score (nSPS) is 25.3. The summed E-state index contributed by atoms with van der Waals surface area (Å²) in [7, 11) is 0. The van der Waals surface area contributed by atoms with Crippen molar-refractivity contribution in [1.82, 2.24) is 15.1 Å². The van der Waals surface area contributed by atoms with Gasteiger partial charge in [0.25, 0.3) is 0 Å². The Labute approximate surface area is 119 Å². The van der Waals surface area contributed by atoms with Gasteiger partial charge in [-0.05, 0) is 64.7 Å². The molecule has 3 heteroatoms. The van der Waals surface area contributed by atoms with E-state index in [-0.39, 0.29) is 0 Å². The molecule has 0 aliphatic carbocycles. The van der Waals surface area contributed by atoms with E-state index < -0.39 is 0 Å². The third-order valence-electron chi connectivity index (χ3n) is 4.46. The maximum atomic E-state index is 3.85.